The van der Waals surface area contributed by atoms with Gasteiger partial charge in [0.25, 0.3) is 0 Å². The highest BCUT2D eigenvalue weighted by molar-refractivity contribution is 5.79. The first-order valence-corrected chi connectivity index (χ1v) is 10.2. The predicted octanol–water partition coefficient (Wildman–Crippen LogP) is 2.24. The summed E-state index contributed by atoms with van der Waals surface area (Å²) in [4.78, 5) is 7.35. The molecule has 0 aromatic heterocycles. The molecule has 0 spiro atoms. The molecule has 0 bridgehead atoms. The van der Waals surface area contributed by atoms with E-state index < -0.39 is 0 Å². The number of aliphatic imine (C=N–C) groups is 1. The lowest BCUT2D eigenvalue weighted by atomic mass is 10.0. The number of rotatable bonds is 9. The standard InChI is InChI=1S/C21H36N4O2/c1-4-22-21(23-11-5-6-18-7-9-19(26)10-8-18)24-16-20(17(2)3)25-12-14-27-15-13-25/h7-10,17,20,26H,4-6,11-16H2,1-3H3,(H2,22,23,24). The highest BCUT2D eigenvalue weighted by Crippen LogP contribution is 2.13. The zero-order chi connectivity index (χ0) is 19.5. The number of ether oxygens (including phenoxy) is 1. The fraction of sp³-hybridized carbons (Fsp3) is 0.667. The summed E-state index contributed by atoms with van der Waals surface area (Å²) in [7, 11) is 0. The molecular formula is C21H36N4O2. The van der Waals surface area contributed by atoms with Crippen LogP contribution in [0, 0.1) is 5.92 Å². The fourth-order valence-corrected chi connectivity index (χ4v) is 3.35. The number of hydrogen-bond donors (Lipinski definition) is 3. The number of nitrogens with zero attached hydrogens (tertiary/aromatic N) is 2. The minimum Gasteiger partial charge on any atom is -0.508 e. The second-order valence-corrected chi connectivity index (χ2v) is 7.38. The maximum atomic E-state index is 9.35. The maximum absolute atomic E-state index is 9.35. The third-order valence-electron chi connectivity index (χ3n) is 4.94. The van der Waals surface area contributed by atoms with Gasteiger partial charge in [0, 0.05) is 32.2 Å². The maximum Gasteiger partial charge on any atom is 0.191 e. The van der Waals surface area contributed by atoms with Crippen LogP contribution < -0.4 is 10.6 Å². The molecule has 1 heterocycles. The topological polar surface area (TPSA) is 69.1 Å². The third kappa shape index (κ3) is 7.77. The van der Waals surface area contributed by atoms with Gasteiger partial charge in [0.1, 0.15) is 5.75 Å². The van der Waals surface area contributed by atoms with Crippen LogP contribution in [0.25, 0.3) is 0 Å². The van der Waals surface area contributed by atoms with E-state index in [9.17, 15) is 5.11 Å². The first-order chi connectivity index (χ1) is 13.1. The fourth-order valence-electron chi connectivity index (χ4n) is 3.35. The van der Waals surface area contributed by atoms with Gasteiger partial charge in [0.15, 0.2) is 5.96 Å². The molecule has 1 saturated heterocycles. The first kappa shape index (κ1) is 21.5. The van der Waals surface area contributed by atoms with Crippen LogP contribution in [0.2, 0.25) is 0 Å². The average molecular weight is 377 g/mol. The molecule has 1 aromatic rings. The number of nitrogens with one attached hydrogen (secondary N) is 2. The summed E-state index contributed by atoms with van der Waals surface area (Å²) < 4.78 is 5.49. The van der Waals surface area contributed by atoms with E-state index in [0.717, 1.165) is 64.7 Å². The van der Waals surface area contributed by atoms with Crippen molar-refractivity contribution in [3.05, 3.63) is 29.8 Å². The van der Waals surface area contributed by atoms with Gasteiger partial charge in [-0.15, -0.1) is 0 Å². The summed E-state index contributed by atoms with van der Waals surface area (Å²) in [6.07, 6.45) is 2.00. The van der Waals surface area contributed by atoms with Crippen molar-refractivity contribution >= 4 is 5.96 Å². The highest BCUT2D eigenvalue weighted by atomic mass is 16.5. The van der Waals surface area contributed by atoms with Crippen LogP contribution in [-0.4, -0.2) is 67.9 Å². The van der Waals surface area contributed by atoms with Gasteiger partial charge in [-0.05, 0) is 43.4 Å². The van der Waals surface area contributed by atoms with Gasteiger partial charge >= 0.3 is 0 Å². The van der Waals surface area contributed by atoms with E-state index in [4.69, 9.17) is 9.73 Å². The second-order valence-electron chi connectivity index (χ2n) is 7.38. The Morgan fingerprint density at radius 1 is 1.19 bits per heavy atom. The molecule has 1 aromatic carbocycles. The van der Waals surface area contributed by atoms with Crippen LogP contribution in [0.3, 0.4) is 0 Å². The number of hydrogen-bond acceptors (Lipinski definition) is 4. The molecule has 1 atom stereocenters. The normalized spacial score (nSPS) is 17.1. The van der Waals surface area contributed by atoms with Crippen LogP contribution in [-0.2, 0) is 11.2 Å². The Morgan fingerprint density at radius 2 is 1.89 bits per heavy atom. The highest BCUT2D eigenvalue weighted by Gasteiger charge is 2.23. The molecule has 1 aliphatic rings. The van der Waals surface area contributed by atoms with Crippen molar-refractivity contribution in [1.29, 1.82) is 0 Å². The van der Waals surface area contributed by atoms with E-state index in [0.29, 0.717) is 17.7 Å². The van der Waals surface area contributed by atoms with Gasteiger partial charge in [-0.2, -0.15) is 0 Å². The van der Waals surface area contributed by atoms with Crippen LogP contribution in [0.15, 0.2) is 29.3 Å². The quantitative estimate of drug-likeness (QED) is 0.350. The van der Waals surface area contributed by atoms with Crippen LogP contribution in [0.1, 0.15) is 32.8 Å². The molecule has 2 rings (SSSR count). The molecule has 0 aliphatic carbocycles. The van der Waals surface area contributed by atoms with Crippen LogP contribution in [0.5, 0.6) is 5.75 Å². The van der Waals surface area contributed by atoms with Crippen LogP contribution >= 0.6 is 0 Å². The minimum absolute atomic E-state index is 0.318. The molecule has 27 heavy (non-hydrogen) atoms. The van der Waals surface area contributed by atoms with Crippen molar-refractivity contribution in [2.75, 3.05) is 45.9 Å². The minimum atomic E-state index is 0.318. The predicted molar refractivity (Wildman–Crippen MR) is 111 cm³/mol. The van der Waals surface area contributed by atoms with Crippen molar-refractivity contribution in [3.63, 3.8) is 0 Å². The molecule has 0 saturated carbocycles. The lowest BCUT2D eigenvalue weighted by Crippen LogP contribution is -2.48. The van der Waals surface area contributed by atoms with Crippen molar-refractivity contribution in [2.45, 2.75) is 39.7 Å². The lowest BCUT2D eigenvalue weighted by molar-refractivity contribution is 0.00867. The monoisotopic (exact) mass is 376 g/mol. The van der Waals surface area contributed by atoms with Crippen molar-refractivity contribution < 1.29 is 9.84 Å². The summed E-state index contributed by atoms with van der Waals surface area (Å²) in [5.41, 5.74) is 1.24. The number of aryl methyl sites for hydroxylation is 1. The number of benzene rings is 1. The zero-order valence-corrected chi connectivity index (χ0v) is 17.1. The van der Waals surface area contributed by atoms with Crippen molar-refractivity contribution in [1.82, 2.24) is 15.5 Å². The van der Waals surface area contributed by atoms with E-state index in [1.54, 1.807) is 12.1 Å². The smallest absolute Gasteiger partial charge is 0.191 e. The summed E-state index contributed by atoms with van der Waals surface area (Å²) in [6.45, 7) is 12.8. The number of morpholine rings is 1. The zero-order valence-electron chi connectivity index (χ0n) is 17.1. The number of guanidine groups is 1. The largest absolute Gasteiger partial charge is 0.508 e. The summed E-state index contributed by atoms with van der Waals surface area (Å²) in [6, 6.07) is 7.88. The SMILES string of the molecule is CCNC(=NCC(C(C)C)N1CCOCC1)NCCCc1ccc(O)cc1. The number of phenols is 1. The van der Waals surface area contributed by atoms with Gasteiger partial charge in [0.05, 0.1) is 19.8 Å². The summed E-state index contributed by atoms with van der Waals surface area (Å²) in [5.74, 6) is 1.77. The second kappa shape index (κ2) is 11.8. The van der Waals surface area contributed by atoms with E-state index in [1.807, 2.05) is 12.1 Å². The Labute approximate surface area is 164 Å². The van der Waals surface area contributed by atoms with Gasteiger partial charge in [-0.1, -0.05) is 26.0 Å². The van der Waals surface area contributed by atoms with Gasteiger partial charge in [-0.3, -0.25) is 9.89 Å². The molecule has 1 aliphatic heterocycles. The van der Waals surface area contributed by atoms with E-state index in [1.165, 1.54) is 5.56 Å². The Hall–Kier alpha value is -1.79. The molecule has 1 fully saturated rings. The Balaban J connectivity index is 1.81. The third-order valence-corrected chi connectivity index (χ3v) is 4.94. The van der Waals surface area contributed by atoms with Crippen molar-refractivity contribution in [3.8, 4) is 5.75 Å². The number of phenolic OH excluding ortho intramolecular Hbond substituents is 1. The Morgan fingerprint density at radius 3 is 2.52 bits per heavy atom. The van der Waals surface area contributed by atoms with Gasteiger partial charge < -0.3 is 20.5 Å². The Bertz CT molecular complexity index is 554. The van der Waals surface area contributed by atoms with E-state index in [-0.39, 0.29) is 0 Å². The molecular weight excluding hydrogens is 340 g/mol. The van der Waals surface area contributed by atoms with Crippen molar-refractivity contribution in [2.24, 2.45) is 10.9 Å². The first-order valence-electron chi connectivity index (χ1n) is 10.2. The molecule has 0 amide bonds. The molecule has 3 N–H and O–H groups in total. The van der Waals surface area contributed by atoms with Gasteiger partial charge in [0.2, 0.25) is 0 Å². The van der Waals surface area contributed by atoms with E-state index in [2.05, 4.69) is 36.3 Å². The molecule has 6 heteroatoms. The average Bonchev–Trinajstić information content (AvgIpc) is 2.67. The summed E-state index contributed by atoms with van der Waals surface area (Å²) in [5, 5.41) is 16.1. The number of aromatic hydroxyl groups is 1. The van der Waals surface area contributed by atoms with Gasteiger partial charge in [-0.25, -0.2) is 0 Å². The molecule has 0 radical (unpaired) electrons. The Kier molecular flexibility index (Phi) is 9.42. The lowest BCUT2D eigenvalue weighted by Gasteiger charge is -2.36. The molecule has 6 nitrogen and oxygen atoms in total. The summed E-state index contributed by atoms with van der Waals surface area (Å²) >= 11 is 0. The van der Waals surface area contributed by atoms with Crippen LogP contribution in [0.4, 0.5) is 0 Å². The molecule has 152 valence electrons. The molecule has 1 unspecified atom stereocenters. The van der Waals surface area contributed by atoms with E-state index >= 15 is 0 Å².